The second-order valence-corrected chi connectivity index (χ2v) is 4.66. The summed E-state index contributed by atoms with van der Waals surface area (Å²) in [4.78, 5) is 33.6. The van der Waals surface area contributed by atoms with Crippen molar-refractivity contribution < 1.29 is 24.2 Å². The molecule has 1 amide bonds. The zero-order valence-corrected chi connectivity index (χ0v) is 10.5. The highest BCUT2D eigenvalue weighted by molar-refractivity contribution is 5.94. The minimum absolute atomic E-state index is 0.212. The summed E-state index contributed by atoms with van der Waals surface area (Å²) in [5.41, 5.74) is 6.50. The van der Waals surface area contributed by atoms with E-state index in [1.807, 2.05) is 0 Å². The van der Waals surface area contributed by atoms with Crippen molar-refractivity contribution in [2.24, 2.45) is 11.8 Å². The second kappa shape index (κ2) is 5.60. The number of amides is 1. The molecule has 7 heteroatoms. The van der Waals surface area contributed by atoms with E-state index in [2.05, 4.69) is 10.1 Å². The first kappa shape index (κ1) is 13.9. The number of nitrogen functional groups attached to an aromatic ring is 1. The highest BCUT2D eigenvalue weighted by Crippen LogP contribution is 2.34. The Hall–Kier alpha value is -2.57. The third kappa shape index (κ3) is 3.25. The molecule has 0 spiro atoms. The average Bonchev–Trinajstić information content (AvgIpc) is 2.29. The predicted octanol–water partition coefficient (Wildman–Crippen LogP) is 1.45. The van der Waals surface area contributed by atoms with E-state index in [1.54, 1.807) is 24.3 Å². The topological polar surface area (TPSA) is 119 Å². The van der Waals surface area contributed by atoms with Gasteiger partial charge < -0.3 is 15.6 Å². The van der Waals surface area contributed by atoms with Gasteiger partial charge in [-0.3, -0.25) is 14.9 Å². The molecule has 1 saturated carbocycles. The van der Waals surface area contributed by atoms with E-state index in [4.69, 9.17) is 10.8 Å². The maximum absolute atomic E-state index is 11.6. The van der Waals surface area contributed by atoms with Crippen LogP contribution in [0.2, 0.25) is 0 Å². The monoisotopic (exact) mass is 278 g/mol. The fourth-order valence-corrected chi connectivity index (χ4v) is 1.90. The number of benzene rings is 1. The summed E-state index contributed by atoms with van der Waals surface area (Å²) in [6.45, 7) is 0. The lowest BCUT2D eigenvalue weighted by atomic mass is 9.75. The molecule has 1 fully saturated rings. The molecule has 4 N–H and O–H groups in total. The lowest BCUT2D eigenvalue weighted by molar-refractivity contribution is -0.154. The molecule has 1 aromatic rings. The van der Waals surface area contributed by atoms with Crippen molar-refractivity contribution in [2.75, 3.05) is 11.1 Å². The minimum Gasteiger partial charge on any atom is -0.481 e. The van der Waals surface area contributed by atoms with Crippen molar-refractivity contribution in [1.29, 1.82) is 0 Å². The smallest absolute Gasteiger partial charge is 0.419 e. The van der Waals surface area contributed by atoms with E-state index in [-0.39, 0.29) is 12.8 Å². The van der Waals surface area contributed by atoms with Gasteiger partial charge in [0.05, 0.1) is 11.8 Å². The van der Waals surface area contributed by atoms with Gasteiger partial charge in [0.2, 0.25) is 0 Å². The maximum atomic E-state index is 11.6. The van der Waals surface area contributed by atoms with Gasteiger partial charge in [-0.1, -0.05) is 0 Å². The normalized spacial score (nSPS) is 20.6. The van der Waals surface area contributed by atoms with E-state index in [9.17, 15) is 14.4 Å². The summed E-state index contributed by atoms with van der Waals surface area (Å²) in [5.74, 6) is -2.67. The first-order valence-corrected chi connectivity index (χ1v) is 6.06. The van der Waals surface area contributed by atoms with Gasteiger partial charge in [0.1, 0.15) is 0 Å². The molecule has 0 atom stereocenters. The average molecular weight is 278 g/mol. The summed E-state index contributed by atoms with van der Waals surface area (Å²) >= 11 is 0. The first-order valence-electron chi connectivity index (χ1n) is 6.06. The van der Waals surface area contributed by atoms with Crippen LogP contribution in [0, 0.1) is 11.8 Å². The van der Waals surface area contributed by atoms with Crippen LogP contribution in [0.4, 0.5) is 16.2 Å². The molecule has 0 heterocycles. The molecular formula is C13H14N2O5. The molecule has 0 aliphatic heterocycles. The van der Waals surface area contributed by atoms with Gasteiger partial charge in [0, 0.05) is 11.4 Å². The van der Waals surface area contributed by atoms with Crippen LogP contribution >= 0.6 is 0 Å². The van der Waals surface area contributed by atoms with Crippen LogP contribution < -0.4 is 11.1 Å². The number of carboxylic acids is 1. The van der Waals surface area contributed by atoms with E-state index in [1.165, 1.54) is 0 Å². The Labute approximate surface area is 114 Å². The summed E-state index contributed by atoms with van der Waals surface area (Å²) in [7, 11) is 0. The van der Waals surface area contributed by atoms with Crippen molar-refractivity contribution >= 4 is 29.4 Å². The Balaban J connectivity index is 1.79. The summed E-state index contributed by atoms with van der Waals surface area (Å²) < 4.78 is 4.60. The number of ether oxygens (including phenoxy) is 1. The molecule has 0 unspecified atom stereocenters. The van der Waals surface area contributed by atoms with Gasteiger partial charge in [-0.25, -0.2) is 4.79 Å². The van der Waals surface area contributed by atoms with Gasteiger partial charge in [-0.15, -0.1) is 0 Å². The Bertz CT molecular complexity index is 534. The predicted molar refractivity (Wildman–Crippen MR) is 69.8 cm³/mol. The molecule has 0 radical (unpaired) electrons. The zero-order valence-electron chi connectivity index (χ0n) is 10.5. The molecule has 7 nitrogen and oxygen atoms in total. The van der Waals surface area contributed by atoms with Crippen molar-refractivity contribution in [3.05, 3.63) is 24.3 Å². The van der Waals surface area contributed by atoms with Crippen molar-refractivity contribution in [3.8, 4) is 0 Å². The SMILES string of the molecule is Nc1ccc(NC(=O)OC(=O)C2CC(C(=O)O)C2)cc1. The fourth-order valence-electron chi connectivity index (χ4n) is 1.90. The highest BCUT2D eigenvalue weighted by Gasteiger charge is 2.40. The standard InChI is InChI=1S/C13H14N2O5/c14-9-1-3-10(4-2-9)15-13(19)20-12(18)8-5-7(6-8)11(16)17/h1-4,7-8H,5-6,14H2,(H,15,19)(H,16,17). The van der Waals surface area contributed by atoms with Gasteiger partial charge >= 0.3 is 18.0 Å². The molecule has 0 aromatic heterocycles. The minimum atomic E-state index is -0.930. The lowest BCUT2D eigenvalue weighted by Gasteiger charge is -2.29. The Morgan fingerprint density at radius 2 is 1.75 bits per heavy atom. The van der Waals surface area contributed by atoms with Crippen molar-refractivity contribution in [3.63, 3.8) is 0 Å². The third-order valence-electron chi connectivity index (χ3n) is 3.17. The number of hydrogen-bond acceptors (Lipinski definition) is 5. The lowest BCUT2D eigenvalue weighted by Crippen LogP contribution is -2.37. The van der Waals surface area contributed by atoms with E-state index < -0.39 is 29.9 Å². The van der Waals surface area contributed by atoms with Crippen LogP contribution in [0.1, 0.15) is 12.8 Å². The second-order valence-electron chi connectivity index (χ2n) is 4.66. The van der Waals surface area contributed by atoms with Crippen molar-refractivity contribution in [2.45, 2.75) is 12.8 Å². The number of anilines is 2. The molecule has 0 bridgehead atoms. The van der Waals surface area contributed by atoms with Crippen LogP contribution in [-0.2, 0) is 14.3 Å². The van der Waals surface area contributed by atoms with Crippen molar-refractivity contribution in [1.82, 2.24) is 0 Å². The number of carbonyl (C=O) groups excluding carboxylic acids is 2. The van der Waals surface area contributed by atoms with Gasteiger partial charge in [-0.2, -0.15) is 0 Å². The number of hydrogen-bond donors (Lipinski definition) is 3. The zero-order chi connectivity index (χ0) is 14.7. The van der Waals surface area contributed by atoms with Gasteiger partial charge in [-0.05, 0) is 37.1 Å². The van der Waals surface area contributed by atoms with E-state index >= 15 is 0 Å². The highest BCUT2D eigenvalue weighted by atomic mass is 16.6. The number of esters is 1. The van der Waals surface area contributed by atoms with E-state index in [0.29, 0.717) is 11.4 Å². The molecular weight excluding hydrogens is 264 g/mol. The molecule has 0 saturated heterocycles. The Morgan fingerprint density at radius 1 is 1.15 bits per heavy atom. The van der Waals surface area contributed by atoms with Crippen LogP contribution in [0.5, 0.6) is 0 Å². The van der Waals surface area contributed by atoms with Crippen LogP contribution in [0.3, 0.4) is 0 Å². The maximum Gasteiger partial charge on any atom is 0.419 e. The van der Waals surface area contributed by atoms with Crippen LogP contribution in [0.25, 0.3) is 0 Å². The molecule has 1 aliphatic carbocycles. The quantitative estimate of drug-likeness (QED) is 0.437. The number of carbonyl (C=O) groups is 3. The Morgan fingerprint density at radius 3 is 2.30 bits per heavy atom. The van der Waals surface area contributed by atoms with Crippen LogP contribution in [-0.4, -0.2) is 23.1 Å². The van der Waals surface area contributed by atoms with Gasteiger partial charge in [0.15, 0.2) is 0 Å². The summed E-state index contributed by atoms with van der Waals surface area (Å²) in [6, 6.07) is 6.34. The molecule has 1 aromatic carbocycles. The van der Waals surface area contributed by atoms with E-state index in [0.717, 1.165) is 0 Å². The Kier molecular flexibility index (Phi) is 3.88. The molecule has 1 aliphatic rings. The summed E-state index contributed by atoms with van der Waals surface area (Å²) in [6.07, 6.45) is -0.467. The number of nitrogens with one attached hydrogen (secondary N) is 1. The largest absolute Gasteiger partial charge is 0.481 e. The van der Waals surface area contributed by atoms with Crippen LogP contribution in [0.15, 0.2) is 24.3 Å². The van der Waals surface area contributed by atoms with Gasteiger partial charge in [0.25, 0.3) is 0 Å². The number of carboxylic acid groups (broad SMARTS) is 1. The third-order valence-corrected chi connectivity index (χ3v) is 3.17. The first-order chi connectivity index (χ1) is 9.45. The number of aliphatic carboxylic acids is 1. The fraction of sp³-hybridized carbons (Fsp3) is 0.308. The molecule has 106 valence electrons. The molecule has 20 heavy (non-hydrogen) atoms. The number of rotatable bonds is 3. The number of nitrogens with two attached hydrogens (primary N) is 1. The summed E-state index contributed by atoms with van der Waals surface area (Å²) in [5, 5.41) is 11.1. The molecule has 2 rings (SSSR count).